The summed E-state index contributed by atoms with van der Waals surface area (Å²) in [4.78, 5) is 0. The van der Waals surface area contributed by atoms with Crippen LogP contribution in [-0.2, 0) is 16.7 Å². The van der Waals surface area contributed by atoms with Crippen molar-refractivity contribution in [3.05, 3.63) is 30.0 Å². The van der Waals surface area contributed by atoms with Crippen LogP contribution < -0.4 is 3.96 Å². The summed E-state index contributed by atoms with van der Waals surface area (Å²) in [5, 5.41) is 1.18. The fourth-order valence-electron chi connectivity index (χ4n) is 1.76. The predicted molar refractivity (Wildman–Crippen MR) is 65.9 cm³/mol. The van der Waals surface area contributed by atoms with Crippen LogP contribution in [0.15, 0.2) is 24.3 Å². The Hall–Kier alpha value is -0.980. The molecule has 92 valence electrons. The number of aryl methyl sites for hydroxylation is 2. The van der Waals surface area contributed by atoms with Crippen molar-refractivity contribution in [1.82, 2.24) is 0 Å². The third-order valence-corrected chi connectivity index (χ3v) is 4.63. The van der Waals surface area contributed by atoms with Gasteiger partial charge in [0.05, 0.1) is 15.5 Å². The fourth-order valence-corrected chi connectivity index (χ4v) is 3.39. The van der Waals surface area contributed by atoms with Gasteiger partial charge in [0, 0.05) is 19.1 Å². The molecular weight excluding hydrogens is 258 g/mol. The van der Waals surface area contributed by atoms with E-state index in [-0.39, 0.29) is 5.75 Å². The average molecular weight is 271 g/mol. The average Bonchev–Trinajstić information content (AvgIpc) is 2.55. The maximum Gasteiger partial charge on any atom is 0.201 e. The lowest BCUT2D eigenvalue weighted by molar-refractivity contribution is -0.634. The smallest absolute Gasteiger partial charge is 0.201 e. The zero-order valence-corrected chi connectivity index (χ0v) is 11.1. The first kappa shape index (κ1) is 12.5. The van der Waals surface area contributed by atoms with Crippen molar-refractivity contribution in [2.24, 2.45) is 0 Å². The monoisotopic (exact) mass is 271 g/mol. The van der Waals surface area contributed by atoms with Crippen LogP contribution in [-0.4, -0.2) is 18.7 Å². The Morgan fingerprint density at radius 2 is 2.06 bits per heavy atom. The Bertz CT molecular complexity index is 631. The summed E-state index contributed by atoms with van der Waals surface area (Å²) in [5.74, 6) is -0.298. The molecule has 0 aliphatic heterocycles. The Morgan fingerprint density at radius 1 is 1.35 bits per heavy atom. The molecule has 0 N–H and O–H groups in total. The molecular formula is C11H13NO3S2. The summed E-state index contributed by atoms with van der Waals surface area (Å²) >= 11 is 1.59. The van der Waals surface area contributed by atoms with Gasteiger partial charge in [-0.2, -0.15) is 0 Å². The number of fused-ring (bicyclic) bond motifs is 1. The standard InChI is InChI=1S/C11H13NO3S2/c1-9-10-5-2-3-6-11(10)16-12(9)7-4-8-17(13,14)15/h2-3,5-6H,4,7-8H2,1H3. The topological polar surface area (TPSA) is 61.1 Å². The molecule has 0 fully saturated rings. The fraction of sp³-hybridized carbons (Fsp3) is 0.364. The van der Waals surface area contributed by atoms with Gasteiger partial charge < -0.3 is 4.55 Å². The quantitative estimate of drug-likeness (QED) is 0.624. The second-order valence-corrected chi connectivity index (χ2v) is 6.48. The molecule has 0 spiro atoms. The SMILES string of the molecule is Cc1c2ccccc2s[n+]1CCCS(=O)(=O)[O-]. The van der Waals surface area contributed by atoms with Crippen molar-refractivity contribution in [2.75, 3.05) is 5.75 Å². The summed E-state index contributed by atoms with van der Waals surface area (Å²) in [6.07, 6.45) is 0.365. The lowest BCUT2D eigenvalue weighted by Gasteiger charge is -2.03. The first-order valence-corrected chi connectivity index (χ1v) is 7.64. The van der Waals surface area contributed by atoms with Crippen molar-refractivity contribution >= 4 is 31.7 Å². The highest BCUT2D eigenvalue weighted by Gasteiger charge is 2.15. The van der Waals surface area contributed by atoms with E-state index in [0.717, 1.165) is 5.69 Å². The Balaban J connectivity index is 2.17. The van der Waals surface area contributed by atoms with Crippen LogP contribution in [0.3, 0.4) is 0 Å². The zero-order chi connectivity index (χ0) is 12.5. The van der Waals surface area contributed by atoms with Gasteiger partial charge in [-0.1, -0.05) is 12.1 Å². The van der Waals surface area contributed by atoms with Crippen LogP contribution in [0.25, 0.3) is 10.1 Å². The van der Waals surface area contributed by atoms with Gasteiger partial charge in [0.25, 0.3) is 0 Å². The van der Waals surface area contributed by atoms with Crippen molar-refractivity contribution in [3.8, 4) is 0 Å². The number of benzene rings is 1. The van der Waals surface area contributed by atoms with E-state index < -0.39 is 10.1 Å². The number of hydrogen-bond donors (Lipinski definition) is 0. The molecule has 0 saturated carbocycles. The van der Waals surface area contributed by atoms with Gasteiger partial charge in [0.15, 0.2) is 6.54 Å². The van der Waals surface area contributed by atoms with Gasteiger partial charge in [0.1, 0.15) is 16.2 Å². The molecule has 2 rings (SSSR count). The molecule has 1 heterocycles. The second-order valence-electron chi connectivity index (χ2n) is 3.89. The third-order valence-electron chi connectivity index (χ3n) is 2.62. The van der Waals surface area contributed by atoms with Crippen LogP contribution in [0.2, 0.25) is 0 Å². The Kier molecular flexibility index (Phi) is 3.46. The molecule has 1 aromatic heterocycles. The van der Waals surface area contributed by atoms with Crippen molar-refractivity contribution in [3.63, 3.8) is 0 Å². The predicted octanol–water partition coefficient (Wildman–Crippen LogP) is 1.43. The normalized spacial score (nSPS) is 12.1. The summed E-state index contributed by atoms with van der Waals surface area (Å²) in [6, 6.07) is 8.04. The number of nitrogens with zero attached hydrogens (tertiary/aromatic N) is 1. The van der Waals surface area contributed by atoms with Crippen molar-refractivity contribution < 1.29 is 16.9 Å². The zero-order valence-electron chi connectivity index (χ0n) is 9.42. The van der Waals surface area contributed by atoms with Gasteiger partial charge in [-0.15, -0.1) is 3.96 Å². The Morgan fingerprint density at radius 3 is 2.71 bits per heavy atom. The number of hydrogen-bond acceptors (Lipinski definition) is 4. The Labute approximate surface area is 104 Å². The van der Waals surface area contributed by atoms with E-state index in [0.29, 0.717) is 13.0 Å². The van der Waals surface area contributed by atoms with E-state index in [1.165, 1.54) is 10.1 Å². The van der Waals surface area contributed by atoms with Gasteiger partial charge >= 0.3 is 0 Å². The highest BCUT2D eigenvalue weighted by molar-refractivity contribution is 7.85. The first-order chi connectivity index (χ1) is 7.97. The lowest BCUT2D eigenvalue weighted by atomic mass is 10.2. The molecule has 1 aromatic carbocycles. The highest BCUT2D eigenvalue weighted by Crippen LogP contribution is 2.19. The van der Waals surface area contributed by atoms with E-state index in [1.807, 2.05) is 35.1 Å². The molecule has 0 radical (unpaired) electrons. The van der Waals surface area contributed by atoms with Crippen LogP contribution in [0, 0.1) is 6.92 Å². The summed E-state index contributed by atoms with van der Waals surface area (Å²) in [5.41, 5.74) is 1.12. The minimum absolute atomic E-state index is 0.298. The second kappa shape index (κ2) is 4.72. The van der Waals surface area contributed by atoms with Crippen molar-refractivity contribution in [2.45, 2.75) is 19.9 Å². The van der Waals surface area contributed by atoms with Crippen LogP contribution in [0.4, 0.5) is 0 Å². The largest absolute Gasteiger partial charge is 0.748 e. The molecule has 0 unspecified atom stereocenters. The van der Waals surface area contributed by atoms with E-state index in [1.54, 1.807) is 11.5 Å². The summed E-state index contributed by atoms with van der Waals surface area (Å²) in [6.45, 7) is 2.58. The molecule has 0 amide bonds. The maximum absolute atomic E-state index is 10.5. The molecule has 2 aromatic rings. The van der Waals surface area contributed by atoms with E-state index in [9.17, 15) is 13.0 Å². The van der Waals surface area contributed by atoms with Gasteiger partial charge in [-0.25, -0.2) is 8.42 Å². The maximum atomic E-state index is 10.5. The molecule has 6 heteroatoms. The molecule has 0 aliphatic carbocycles. The van der Waals surface area contributed by atoms with Crippen LogP contribution >= 0.6 is 11.5 Å². The number of rotatable bonds is 4. The van der Waals surface area contributed by atoms with Crippen molar-refractivity contribution in [1.29, 1.82) is 0 Å². The third kappa shape index (κ3) is 3.02. The van der Waals surface area contributed by atoms with Crippen LogP contribution in [0.1, 0.15) is 12.1 Å². The van der Waals surface area contributed by atoms with E-state index in [4.69, 9.17) is 0 Å². The summed E-state index contributed by atoms with van der Waals surface area (Å²) in [7, 11) is -4.10. The van der Waals surface area contributed by atoms with Crippen LogP contribution in [0.5, 0.6) is 0 Å². The van der Waals surface area contributed by atoms with E-state index >= 15 is 0 Å². The lowest BCUT2D eigenvalue weighted by Crippen LogP contribution is -2.32. The highest BCUT2D eigenvalue weighted by atomic mass is 32.2. The molecule has 0 atom stereocenters. The molecule has 0 bridgehead atoms. The molecule has 17 heavy (non-hydrogen) atoms. The number of aromatic nitrogens is 1. The molecule has 4 nitrogen and oxygen atoms in total. The van der Waals surface area contributed by atoms with E-state index in [2.05, 4.69) is 0 Å². The first-order valence-electron chi connectivity index (χ1n) is 5.29. The minimum Gasteiger partial charge on any atom is -0.748 e. The molecule has 0 aliphatic rings. The van der Waals surface area contributed by atoms with Gasteiger partial charge in [-0.3, -0.25) is 0 Å². The molecule has 0 saturated heterocycles. The minimum atomic E-state index is -4.10. The van der Waals surface area contributed by atoms with Gasteiger partial charge in [-0.05, 0) is 12.1 Å². The van der Waals surface area contributed by atoms with Gasteiger partial charge in [0.2, 0.25) is 5.69 Å². The summed E-state index contributed by atoms with van der Waals surface area (Å²) < 4.78 is 34.8.